The van der Waals surface area contributed by atoms with Gasteiger partial charge in [-0.2, -0.15) is 8.42 Å². The van der Waals surface area contributed by atoms with Crippen molar-refractivity contribution in [1.82, 2.24) is 0 Å². The Kier molecular flexibility index (Phi) is 7.17. The summed E-state index contributed by atoms with van der Waals surface area (Å²) in [6, 6.07) is 14.5. The van der Waals surface area contributed by atoms with Crippen molar-refractivity contribution >= 4 is 39.4 Å². The van der Waals surface area contributed by atoms with E-state index in [1.807, 2.05) is 6.92 Å². The van der Waals surface area contributed by atoms with E-state index in [0.29, 0.717) is 5.56 Å². The molecule has 0 atom stereocenters. The van der Waals surface area contributed by atoms with Crippen molar-refractivity contribution in [3.05, 3.63) is 88.7 Å². The number of methoxy groups -OCH3 is 1. The van der Waals surface area contributed by atoms with Crippen LogP contribution in [0, 0.1) is 12.7 Å². The van der Waals surface area contributed by atoms with E-state index in [1.54, 1.807) is 18.2 Å². The fourth-order valence-electron chi connectivity index (χ4n) is 2.67. The molecule has 0 heterocycles. The van der Waals surface area contributed by atoms with Crippen molar-refractivity contribution in [2.24, 2.45) is 0 Å². The number of carbonyl (C=O) groups is 1. The van der Waals surface area contributed by atoms with E-state index in [-0.39, 0.29) is 27.1 Å². The lowest BCUT2D eigenvalue weighted by molar-refractivity contribution is -0.111. The van der Waals surface area contributed by atoms with Crippen LogP contribution in [0.4, 0.5) is 10.1 Å². The minimum Gasteiger partial charge on any atom is -0.493 e. The highest BCUT2D eigenvalue weighted by Gasteiger charge is 2.19. The Hall–Kier alpha value is -3.36. The smallest absolute Gasteiger partial charge is 0.339 e. The van der Waals surface area contributed by atoms with Gasteiger partial charge in [-0.1, -0.05) is 35.4 Å². The second-order valence-electron chi connectivity index (χ2n) is 6.71. The number of nitrogens with one attached hydrogen (secondary N) is 1. The average Bonchev–Trinajstić information content (AvgIpc) is 2.75. The van der Waals surface area contributed by atoms with Gasteiger partial charge >= 0.3 is 10.1 Å². The van der Waals surface area contributed by atoms with Gasteiger partial charge in [0, 0.05) is 11.1 Å². The summed E-state index contributed by atoms with van der Waals surface area (Å²) in [6.07, 6.45) is 2.65. The highest BCUT2D eigenvalue weighted by molar-refractivity contribution is 7.87. The first-order chi connectivity index (χ1) is 15.2. The molecule has 0 bridgehead atoms. The Morgan fingerprint density at radius 3 is 2.44 bits per heavy atom. The van der Waals surface area contributed by atoms with Gasteiger partial charge in [-0.15, -0.1) is 0 Å². The molecule has 0 unspecified atom stereocenters. The van der Waals surface area contributed by atoms with Crippen molar-refractivity contribution in [2.45, 2.75) is 11.8 Å². The van der Waals surface area contributed by atoms with Crippen molar-refractivity contribution in [3.63, 3.8) is 0 Å². The first-order valence-electron chi connectivity index (χ1n) is 9.31. The van der Waals surface area contributed by atoms with Crippen molar-refractivity contribution in [2.75, 3.05) is 12.4 Å². The fraction of sp³-hybridized carbons (Fsp3) is 0.0870. The topological polar surface area (TPSA) is 81.7 Å². The van der Waals surface area contributed by atoms with E-state index in [0.717, 1.165) is 11.6 Å². The number of amides is 1. The molecule has 1 amide bonds. The molecule has 0 saturated carbocycles. The third kappa shape index (κ3) is 5.87. The maximum absolute atomic E-state index is 13.7. The van der Waals surface area contributed by atoms with Crippen LogP contribution in [0.3, 0.4) is 0 Å². The minimum absolute atomic E-state index is 0.00400. The number of rotatable bonds is 7. The summed E-state index contributed by atoms with van der Waals surface area (Å²) in [5.41, 5.74) is 1.40. The molecule has 0 fully saturated rings. The lowest BCUT2D eigenvalue weighted by Gasteiger charge is -2.11. The Morgan fingerprint density at radius 1 is 1.03 bits per heavy atom. The van der Waals surface area contributed by atoms with Gasteiger partial charge in [-0.3, -0.25) is 4.79 Å². The second-order valence-corrected chi connectivity index (χ2v) is 8.69. The van der Waals surface area contributed by atoms with Crippen LogP contribution in [0.1, 0.15) is 11.1 Å². The summed E-state index contributed by atoms with van der Waals surface area (Å²) in [4.78, 5) is 12.1. The van der Waals surface area contributed by atoms with E-state index in [2.05, 4.69) is 5.32 Å². The summed E-state index contributed by atoms with van der Waals surface area (Å²) in [7, 11) is -2.69. The predicted molar refractivity (Wildman–Crippen MR) is 121 cm³/mol. The van der Waals surface area contributed by atoms with Crippen molar-refractivity contribution < 1.29 is 26.5 Å². The molecule has 3 aromatic carbocycles. The van der Waals surface area contributed by atoms with E-state index >= 15 is 0 Å². The van der Waals surface area contributed by atoms with Gasteiger partial charge in [0.1, 0.15) is 10.7 Å². The quantitative estimate of drug-likeness (QED) is 0.374. The van der Waals surface area contributed by atoms with Gasteiger partial charge in [-0.05, 0) is 61.0 Å². The number of carbonyl (C=O) groups excluding carboxylic acids is 1. The average molecular weight is 476 g/mol. The van der Waals surface area contributed by atoms with Crippen LogP contribution in [-0.2, 0) is 14.9 Å². The molecule has 3 rings (SSSR count). The Bertz CT molecular complexity index is 1270. The molecule has 166 valence electrons. The number of anilines is 1. The molecule has 0 aromatic heterocycles. The summed E-state index contributed by atoms with van der Waals surface area (Å²) in [6.45, 7) is 1.85. The van der Waals surface area contributed by atoms with Gasteiger partial charge < -0.3 is 14.2 Å². The maximum atomic E-state index is 13.7. The van der Waals surface area contributed by atoms with Crippen LogP contribution < -0.4 is 14.2 Å². The minimum atomic E-state index is -4.05. The lowest BCUT2D eigenvalue weighted by Crippen LogP contribution is -2.10. The lowest BCUT2D eigenvalue weighted by atomic mass is 10.2. The SMILES string of the molecule is COc1cc(/C=C\C(=O)Nc2cc(Cl)ccc2F)ccc1OS(=O)(=O)c1ccc(C)cc1. The normalized spacial score (nSPS) is 11.4. The van der Waals surface area contributed by atoms with Crippen molar-refractivity contribution in [3.8, 4) is 11.5 Å². The van der Waals surface area contributed by atoms with E-state index in [4.69, 9.17) is 20.5 Å². The molecule has 32 heavy (non-hydrogen) atoms. The van der Waals surface area contributed by atoms with Crippen molar-refractivity contribution in [1.29, 1.82) is 0 Å². The van der Waals surface area contributed by atoms with Gasteiger partial charge in [0.15, 0.2) is 11.5 Å². The molecule has 3 aromatic rings. The summed E-state index contributed by atoms with van der Waals surface area (Å²) in [5.74, 6) is -1.04. The Labute approximate surface area is 190 Å². The summed E-state index contributed by atoms with van der Waals surface area (Å²) < 4.78 is 49.2. The molecule has 6 nitrogen and oxygen atoms in total. The zero-order valence-corrected chi connectivity index (χ0v) is 18.7. The third-order valence-electron chi connectivity index (χ3n) is 4.31. The standard InChI is InChI=1S/C23H19ClFNO5S/c1-15-3-8-18(9-4-15)32(28,29)31-21-11-5-16(13-22(21)30-2)6-12-23(27)26-20-14-17(24)7-10-19(20)25/h3-14H,1-2H3,(H,26,27)/b12-6-. The predicted octanol–water partition coefficient (Wildman–Crippen LogP) is 5.22. The zero-order valence-electron chi connectivity index (χ0n) is 17.1. The van der Waals surface area contributed by atoms with Crippen LogP contribution in [0.15, 0.2) is 71.6 Å². The Balaban J connectivity index is 1.75. The molecule has 0 aliphatic rings. The molecule has 9 heteroatoms. The first-order valence-corrected chi connectivity index (χ1v) is 11.1. The number of halogens is 2. The number of ether oxygens (including phenoxy) is 1. The zero-order chi connectivity index (χ0) is 23.3. The first kappa shape index (κ1) is 23.3. The monoisotopic (exact) mass is 475 g/mol. The number of benzene rings is 3. The van der Waals surface area contributed by atoms with Crippen LogP contribution in [0.5, 0.6) is 11.5 Å². The molecule has 0 aliphatic heterocycles. The van der Waals surface area contributed by atoms with E-state index in [9.17, 15) is 17.6 Å². The molecule has 0 aliphatic carbocycles. The number of hydrogen-bond acceptors (Lipinski definition) is 5. The molecule has 1 N–H and O–H groups in total. The molecule has 0 radical (unpaired) electrons. The highest BCUT2D eigenvalue weighted by Crippen LogP contribution is 2.31. The summed E-state index contributed by atoms with van der Waals surface area (Å²) in [5, 5.41) is 2.68. The third-order valence-corrected chi connectivity index (χ3v) is 5.79. The number of aryl methyl sites for hydroxylation is 1. The summed E-state index contributed by atoms with van der Waals surface area (Å²) >= 11 is 5.81. The molecular weight excluding hydrogens is 457 g/mol. The van der Waals surface area contributed by atoms with Gasteiger partial charge in [0.05, 0.1) is 12.8 Å². The largest absolute Gasteiger partial charge is 0.493 e. The Morgan fingerprint density at radius 2 is 1.75 bits per heavy atom. The van der Waals surface area contributed by atoms with Gasteiger partial charge in [-0.25, -0.2) is 4.39 Å². The van der Waals surface area contributed by atoms with Crippen LogP contribution in [0.25, 0.3) is 6.08 Å². The van der Waals surface area contributed by atoms with Crippen LogP contribution in [-0.4, -0.2) is 21.4 Å². The maximum Gasteiger partial charge on any atom is 0.339 e. The van der Waals surface area contributed by atoms with Gasteiger partial charge in [0.25, 0.3) is 0 Å². The van der Waals surface area contributed by atoms with Crippen LogP contribution >= 0.6 is 11.6 Å². The van der Waals surface area contributed by atoms with Gasteiger partial charge in [0.2, 0.25) is 5.91 Å². The number of hydrogen-bond donors (Lipinski definition) is 1. The van der Waals surface area contributed by atoms with Crippen LogP contribution in [0.2, 0.25) is 5.02 Å². The molecule has 0 spiro atoms. The molecular formula is C23H19ClFNO5S. The highest BCUT2D eigenvalue weighted by atomic mass is 35.5. The van der Waals surface area contributed by atoms with E-state index < -0.39 is 21.8 Å². The van der Waals surface area contributed by atoms with E-state index in [1.165, 1.54) is 55.7 Å². The fourth-order valence-corrected chi connectivity index (χ4v) is 3.78. The second kappa shape index (κ2) is 9.84. The molecule has 0 saturated heterocycles.